The van der Waals surface area contributed by atoms with Gasteiger partial charge in [0, 0.05) is 5.92 Å². The van der Waals surface area contributed by atoms with Crippen LogP contribution in [-0.4, -0.2) is 112 Å². The molecule has 3 heterocycles. The first-order valence-corrected chi connectivity index (χ1v) is 11.4. The number of epoxide rings is 1. The van der Waals surface area contributed by atoms with Gasteiger partial charge in [0.25, 0.3) is 0 Å². The number of phenolic OH excluding ortho intramolecular Hbond substituents is 1. The summed E-state index contributed by atoms with van der Waals surface area (Å²) >= 11 is 0. The standard InChI is InChI=1S/C23H28O13/c1-31-12-6-9(2-3-11(12)26)20(30)34-18-10-4-5-32-21(14(10)23(8-25)19(18)36-23)35-22-17(29)16(28)15(27)13(7-24)33-22/h2-6,10,13-19,21-22,24-29H,7-8H2,1H3/t10-,13-,14-,15-,16+,17-,18+,19+,21+,22-,23-/m1/s1. The molecule has 0 radical (unpaired) electrons. The summed E-state index contributed by atoms with van der Waals surface area (Å²) in [5.41, 5.74) is -1.03. The van der Waals surface area contributed by atoms with Crippen LogP contribution in [0.4, 0.5) is 0 Å². The lowest BCUT2D eigenvalue weighted by molar-refractivity contribution is -0.344. The van der Waals surface area contributed by atoms with Gasteiger partial charge < -0.3 is 59.1 Å². The molecule has 198 valence electrons. The zero-order valence-electron chi connectivity index (χ0n) is 19.1. The summed E-state index contributed by atoms with van der Waals surface area (Å²) < 4.78 is 33.4. The van der Waals surface area contributed by atoms with Gasteiger partial charge in [0.05, 0.1) is 38.1 Å². The summed E-state index contributed by atoms with van der Waals surface area (Å²) in [7, 11) is 1.35. The molecule has 0 bridgehead atoms. The van der Waals surface area contributed by atoms with Crippen LogP contribution in [0.5, 0.6) is 11.5 Å². The second kappa shape index (κ2) is 9.43. The summed E-state index contributed by atoms with van der Waals surface area (Å²) in [6.45, 7) is -1.07. The van der Waals surface area contributed by atoms with Crippen LogP contribution in [0.3, 0.4) is 0 Å². The second-order valence-corrected chi connectivity index (χ2v) is 9.18. The van der Waals surface area contributed by atoms with E-state index >= 15 is 0 Å². The minimum Gasteiger partial charge on any atom is -0.504 e. The van der Waals surface area contributed by atoms with Crippen LogP contribution >= 0.6 is 0 Å². The van der Waals surface area contributed by atoms with Crippen LogP contribution in [0.15, 0.2) is 30.5 Å². The number of methoxy groups -OCH3 is 1. The van der Waals surface area contributed by atoms with Gasteiger partial charge in [-0.2, -0.15) is 0 Å². The van der Waals surface area contributed by atoms with Crippen molar-refractivity contribution in [2.45, 2.75) is 54.8 Å². The van der Waals surface area contributed by atoms with E-state index in [0.717, 1.165) is 0 Å². The van der Waals surface area contributed by atoms with Gasteiger partial charge in [-0.3, -0.25) is 0 Å². The van der Waals surface area contributed by atoms with Gasteiger partial charge in [-0.1, -0.05) is 0 Å². The Morgan fingerprint density at radius 1 is 1.11 bits per heavy atom. The van der Waals surface area contributed by atoms with Crippen molar-refractivity contribution in [3.05, 3.63) is 36.1 Å². The Hall–Kier alpha value is -2.49. The number of aromatic hydroxyl groups is 1. The molecule has 6 N–H and O–H groups in total. The van der Waals surface area contributed by atoms with E-state index in [1.165, 1.54) is 31.6 Å². The van der Waals surface area contributed by atoms with E-state index in [0.29, 0.717) is 0 Å². The van der Waals surface area contributed by atoms with Crippen LogP contribution in [0.1, 0.15) is 10.4 Å². The maximum Gasteiger partial charge on any atom is 0.338 e. The molecule has 3 aliphatic heterocycles. The van der Waals surface area contributed by atoms with Crippen molar-refractivity contribution >= 4 is 5.97 Å². The second-order valence-electron chi connectivity index (χ2n) is 9.18. The molecule has 3 fully saturated rings. The number of hydrogen-bond donors (Lipinski definition) is 6. The third-order valence-electron chi connectivity index (χ3n) is 7.26. The summed E-state index contributed by atoms with van der Waals surface area (Å²) in [5.74, 6) is -1.95. The van der Waals surface area contributed by atoms with Gasteiger partial charge in [0.2, 0.25) is 6.29 Å². The molecular formula is C23H28O13. The highest BCUT2D eigenvalue weighted by atomic mass is 16.8. The SMILES string of the molecule is COc1cc(C(=O)O[C@H]2[C@@H]3C=CO[C@@H](O[C@H]4O[C@H](CO)[C@@H](O)[C@H](O)[C@H]4O)[C@@H]3[C@@]3(CO)O[C@@H]23)ccc1O. The monoisotopic (exact) mass is 512 g/mol. The van der Waals surface area contributed by atoms with Crippen molar-refractivity contribution in [2.24, 2.45) is 11.8 Å². The molecule has 13 nitrogen and oxygen atoms in total. The van der Waals surface area contributed by atoms with Gasteiger partial charge in [0.15, 0.2) is 17.8 Å². The van der Waals surface area contributed by atoms with Crippen LogP contribution in [0.25, 0.3) is 0 Å². The largest absolute Gasteiger partial charge is 0.504 e. The zero-order chi connectivity index (χ0) is 25.8. The fourth-order valence-electron chi connectivity index (χ4n) is 5.28. The van der Waals surface area contributed by atoms with E-state index in [2.05, 4.69) is 0 Å². The van der Waals surface area contributed by atoms with E-state index in [9.17, 15) is 35.4 Å². The summed E-state index contributed by atoms with van der Waals surface area (Å²) in [6.07, 6.45) is -7.19. The Morgan fingerprint density at radius 2 is 1.89 bits per heavy atom. The molecule has 0 aromatic heterocycles. The van der Waals surface area contributed by atoms with Gasteiger partial charge >= 0.3 is 5.97 Å². The van der Waals surface area contributed by atoms with E-state index in [1.54, 1.807) is 6.08 Å². The molecule has 13 heteroatoms. The van der Waals surface area contributed by atoms with Crippen LogP contribution < -0.4 is 4.74 Å². The predicted octanol–water partition coefficient (Wildman–Crippen LogP) is -2.01. The molecule has 4 aliphatic rings. The number of fused-ring (bicyclic) bond motifs is 3. The molecule has 0 spiro atoms. The Balaban J connectivity index is 1.35. The van der Waals surface area contributed by atoms with Crippen molar-refractivity contribution in [1.29, 1.82) is 0 Å². The highest BCUT2D eigenvalue weighted by molar-refractivity contribution is 5.90. The van der Waals surface area contributed by atoms with Gasteiger partial charge in [-0.05, 0) is 24.3 Å². The topological polar surface area (TPSA) is 197 Å². The molecule has 0 amide bonds. The van der Waals surface area contributed by atoms with Crippen molar-refractivity contribution in [1.82, 2.24) is 0 Å². The average molecular weight is 512 g/mol. The highest BCUT2D eigenvalue weighted by Crippen LogP contribution is 2.60. The molecule has 1 saturated carbocycles. The van der Waals surface area contributed by atoms with Crippen LogP contribution in [-0.2, 0) is 23.7 Å². The van der Waals surface area contributed by atoms with Crippen molar-refractivity contribution in [2.75, 3.05) is 20.3 Å². The maximum absolute atomic E-state index is 12.9. The Labute approximate surface area is 205 Å². The number of esters is 1. The Morgan fingerprint density at radius 3 is 2.58 bits per heavy atom. The number of rotatable bonds is 7. The van der Waals surface area contributed by atoms with E-state index < -0.39 is 85.8 Å². The number of aliphatic hydroxyl groups excluding tert-OH is 5. The lowest BCUT2D eigenvalue weighted by atomic mass is 9.85. The Bertz CT molecular complexity index is 1010. The zero-order valence-corrected chi connectivity index (χ0v) is 19.1. The maximum atomic E-state index is 12.9. The summed E-state index contributed by atoms with van der Waals surface area (Å²) in [6, 6.07) is 4.02. The molecule has 1 aliphatic carbocycles. The molecule has 0 unspecified atom stereocenters. The number of hydrogen-bond acceptors (Lipinski definition) is 13. The van der Waals surface area contributed by atoms with Gasteiger partial charge in [-0.25, -0.2) is 4.79 Å². The number of carbonyl (C=O) groups is 1. The number of carbonyl (C=O) groups excluding carboxylic acids is 1. The highest BCUT2D eigenvalue weighted by Gasteiger charge is 2.77. The average Bonchev–Trinajstić information content (AvgIpc) is 3.56. The lowest BCUT2D eigenvalue weighted by Gasteiger charge is -2.43. The fourth-order valence-corrected chi connectivity index (χ4v) is 5.28. The summed E-state index contributed by atoms with van der Waals surface area (Å²) in [5, 5.41) is 59.8. The fraction of sp³-hybridized carbons (Fsp3) is 0.609. The first-order valence-electron chi connectivity index (χ1n) is 11.4. The predicted molar refractivity (Wildman–Crippen MR) is 114 cm³/mol. The molecule has 5 rings (SSSR count). The van der Waals surface area contributed by atoms with Crippen molar-refractivity contribution in [3.63, 3.8) is 0 Å². The molecule has 2 saturated heterocycles. The van der Waals surface area contributed by atoms with Gasteiger partial charge in [0.1, 0.15) is 42.2 Å². The van der Waals surface area contributed by atoms with Crippen molar-refractivity contribution in [3.8, 4) is 11.5 Å². The molecule has 1 aromatic rings. The van der Waals surface area contributed by atoms with E-state index in [-0.39, 0.29) is 17.1 Å². The minimum atomic E-state index is -1.66. The molecular weight excluding hydrogens is 484 g/mol. The Kier molecular flexibility index (Phi) is 6.59. The molecule has 11 atom stereocenters. The van der Waals surface area contributed by atoms with E-state index in [4.69, 9.17) is 28.4 Å². The quantitative estimate of drug-likeness (QED) is 0.173. The lowest BCUT2D eigenvalue weighted by Crippen LogP contribution is -2.60. The van der Waals surface area contributed by atoms with Crippen molar-refractivity contribution < 1.29 is 63.9 Å². The number of benzene rings is 1. The minimum absolute atomic E-state index is 0.0973. The molecule has 36 heavy (non-hydrogen) atoms. The number of phenols is 1. The van der Waals surface area contributed by atoms with Crippen LogP contribution in [0, 0.1) is 11.8 Å². The first kappa shape index (κ1) is 25.2. The third-order valence-corrected chi connectivity index (χ3v) is 7.26. The number of aliphatic hydroxyl groups is 5. The van der Waals surface area contributed by atoms with Crippen LogP contribution in [0.2, 0.25) is 0 Å². The third kappa shape index (κ3) is 3.92. The van der Waals surface area contributed by atoms with Gasteiger partial charge in [-0.15, -0.1) is 0 Å². The molecule has 1 aromatic carbocycles. The van der Waals surface area contributed by atoms with E-state index in [1.807, 2.05) is 0 Å². The smallest absolute Gasteiger partial charge is 0.338 e. The number of ether oxygens (including phenoxy) is 6. The first-order chi connectivity index (χ1) is 17.2. The normalized spacial score (nSPS) is 42.7. The summed E-state index contributed by atoms with van der Waals surface area (Å²) in [4.78, 5) is 12.9.